The van der Waals surface area contributed by atoms with E-state index in [9.17, 15) is 0 Å². The third-order valence-electron chi connectivity index (χ3n) is 5.47. The number of hydrogen-bond acceptors (Lipinski definition) is 0. The van der Waals surface area contributed by atoms with Crippen molar-refractivity contribution in [1.82, 2.24) is 0 Å². The summed E-state index contributed by atoms with van der Waals surface area (Å²) in [4.78, 5) is 0. The molecule has 0 aromatic heterocycles. The lowest BCUT2D eigenvalue weighted by atomic mass is 9.82. The van der Waals surface area contributed by atoms with Gasteiger partial charge in [-0.1, -0.05) is 97.0 Å². The third-order valence-corrected chi connectivity index (χ3v) is 7.58. The van der Waals surface area contributed by atoms with Crippen molar-refractivity contribution in [2.75, 3.05) is 0 Å². The minimum Gasteiger partial charge on any atom is -0.0756 e. The number of rotatable bonds is 4. The van der Waals surface area contributed by atoms with Crippen LogP contribution < -0.4 is 5.19 Å². The zero-order chi connectivity index (χ0) is 14.7. The van der Waals surface area contributed by atoms with Crippen LogP contribution >= 0.6 is 0 Å². The SMILES string of the molecule is CC1=C(CC2CCCCC2)C(C)C([SiH2]c2ccccc2)=C1. The van der Waals surface area contributed by atoms with Gasteiger partial charge in [0.15, 0.2) is 0 Å². The first-order chi connectivity index (χ1) is 10.2. The highest BCUT2D eigenvalue weighted by Crippen LogP contribution is 2.38. The molecule has 1 heteroatoms. The summed E-state index contributed by atoms with van der Waals surface area (Å²) >= 11 is 0. The molecule has 0 saturated heterocycles. The monoisotopic (exact) mass is 296 g/mol. The van der Waals surface area contributed by atoms with Gasteiger partial charge in [0.05, 0.1) is 9.52 Å². The third kappa shape index (κ3) is 3.57. The molecule has 112 valence electrons. The Labute approximate surface area is 132 Å². The fourth-order valence-electron chi connectivity index (χ4n) is 4.14. The highest BCUT2D eigenvalue weighted by Gasteiger charge is 2.25. The summed E-state index contributed by atoms with van der Waals surface area (Å²) in [5, 5.41) is 3.34. The zero-order valence-electron chi connectivity index (χ0n) is 13.6. The standard InChI is InChI=1S/C20H28Si/c1-15-13-20(21-18-11-7-4-8-12-18)16(2)19(15)14-17-9-5-3-6-10-17/h4,7-8,11-13,16-17H,3,5-6,9-10,14,21H2,1-2H3. The van der Waals surface area contributed by atoms with Gasteiger partial charge < -0.3 is 0 Å². The van der Waals surface area contributed by atoms with Crippen LogP contribution in [0.2, 0.25) is 0 Å². The minimum absolute atomic E-state index is 0.264. The predicted octanol–water partition coefficient (Wildman–Crippen LogP) is 4.30. The van der Waals surface area contributed by atoms with Gasteiger partial charge in [0.25, 0.3) is 0 Å². The summed E-state index contributed by atoms with van der Waals surface area (Å²) in [6, 6.07) is 11.1. The molecule has 3 rings (SSSR count). The van der Waals surface area contributed by atoms with Gasteiger partial charge in [-0.3, -0.25) is 0 Å². The molecule has 2 aliphatic rings. The molecule has 1 unspecified atom stereocenters. The van der Waals surface area contributed by atoms with E-state index in [0.29, 0.717) is 0 Å². The Kier molecular flexibility index (Phi) is 4.79. The normalized spacial score (nSPS) is 24.1. The molecule has 0 amide bonds. The van der Waals surface area contributed by atoms with Crippen molar-refractivity contribution < 1.29 is 0 Å². The van der Waals surface area contributed by atoms with Crippen LogP contribution in [-0.2, 0) is 0 Å². The molecule has 1 atom stereocenters. The maximum atomic E-state index is 2.53. The molecule has 0 spiro atoms. The average Bonchev–Trinajstić information content (AvgIpc) is 2.77. The van der Waals surface area contributed by atoms with Crippen molar-refractivity contribution in [1.29, 1.82) is 0 Å². The molecule has 1 fully saturated rings. The Morgan fingerprint density at radius 3 is 2.48 bits per heavy atom. The first kappa shape index (κ1) is 14.8. The molecule has 0 bridgehead atoms. The van der Waals surface area contributed by atoms with E-state index in [2.05, 4.69) is 50.3 Å². The molecular formula is C20H28Si. The minimum atomic E-state index is -0.264. The van der Waals surface area contributed by atoms with Crippen molar-refractivity contribution in [3.63, 3.8) is 0 Å². The highest BCUT2D eigenvalue weighted by atomic mass is 28.2. The lowest BCUT2D eigenvalue weighted by molar-refractivity contribution is 0.350. The summed E-state index contributed by atoms with van der Waals surface area (Å²) in [6.45, 7) is 4.80. The van der Waals surface area contributed by atoms with E-state index >= 15 is 0 Å². The smallest absolute Gasteiger partial charge is 0.0756 e. The Balaban J connectivity index is 1.64. The van der Waals surface area contributed by atoms with Crippen LogP contribution in [0.25, 0.3) is 0 Å². The topological polar surface area (TPSA) is 0 Å². The van der Waals surface area contributed by atoms with Crippen LogP contribution in [-0.4, -0.2) is 9.52 Å². The summed E-state index contributed by atoms with van der Waals surface area (Å²) in [6.07, 6.45) is 11.2. The van der Waals surface area contributed by atoms with Gasteiger partial charge in [0.1, 0.15) is 0 Å². The largest absolute Gasteiger partial charge is 0.0832 e. The van der Waals surface area contributed by atoms with Gasteiger partial charge in [-0.05, 0) is 25.2 Å². The lowest BCUT2D eigenvalue weighted by Gasteiger charge is -2.25. The molecule has 0 nitrogen and oxygen atoms in total. The number of benzene rings is 1. The first-order valence-corrected chi connectivity index (χ1v) is 10.1. The second kappa shape index (κ2) is 6.78. The maximum Gasteiger partial charge on any atom is 0.0832 e. The Morgan fingerprint density at radius 2 is 1.76 bits per heavy atom. The van der Waals surface area contributed by atoms with Crippen LogP contribution in [0.4, 0.5) is 0 Å². The van der Waals surface area contributed by atoms with Gasteiger partial charge in [0.2, 0.25) is 0 Å². The van der Waals surface area contributed by atoms with Gasteiger partial charge in [-0.25, -0.2) is 0 Å². The fourth-order valence-corrected chi connectivity index (χ4v) is 6.08. The molecule has 21 heavy (non-hydrogen) atoms. The summed E-state index contributed by atoms with van der Waals surface area (Å²) in [5.41, 5.74) is 3.35. The Hall–Kier alpha value is -1.08. The molecule has 1 aromatic rings. The molecule has 0 N–H and O–H groups in total. The summed E-state index contributed by atoms with van der Waals surface area (Å²) in [5.74, 6) is 1.69. The van der Waals surface area contributed by atoms with Crippen LogP contribution in [0, 0.1) is 11.8 Å². The fraction of sp³-hybridized carbons (Fsp3) is 0.500. The molecule has 0 radical (unpaired) electrons. The van der Waals surface area contributed by atoms with Crippen LogP contribution in [0.3, 0.4) is 0 Å². The Bertz CT molecular complexity index is 532. The van der Waals surface area contributed by atoms with E-state index < -0.39 is 0 Å². The van der Waals surface area contributed by atoms with Gasteiger partial charge in [-0.2, -0.15) is 0 Å². The van der Waals surface area contributed by atoms with E-state index in [1.807, 2.05) is 0 Å². The summed E-state index contributed by atoms with van der Waals surface area (Å²) < 4.78 is 0. The van der Waals surface area contributed by atoms with Crippen molar-refractivity contribution in [2.45, 2.75) is 52.4 Å². The molecule has 0 aliphatic heterocycles. The zero-order valence-corrected chi connectivity index (χ0v) is 15.0. The van der Waals surface area contributed by atoms with E-state index in [1.165, 1.54) is 38.5 Å². The summed E-state index contributed by atoms with van der Waals surface area (Å²) in [7, 11) is -0.264. The van der Waals surface area contributed by atoms with Gasteiger partial charge in [0, 0.05) is 0 Å². The molecule has 2 aliphatic carbocycles. The van der Waals surface area contributed by atoms with Crippen LogP contribution in [0.5, 0.6) is 0 Å². The van der Waals surface area contributed by atoms with E-state index in [-0.39, 0.29) is 9.52 Å². The highest BCUT2D eigenvalue weighted by molar-refractivity contribution is 6.61. The number of hydrogen-bond donors (Lipinski definition) is 0. The second-order valence-corrected chi connectivity index (χ2v) is 9.01. The maximum absolute atomic E-state index is 2.53. The average molecular weight is 297 g/mol. The van der Waals surface area contributed by atoms with E-state index in [0.717, 1.165) is 11.8 Å². The van der Waals surface area contributed by atoms with Gasteiger partial charge >= 0.3 is 0 Å². The Morgan fingerprint density at radius 1 is 1.05 bits per heavy atom. The van der Waals surface area contributed by atoms with Crippen molar-refractivity contribution in [2.24, 2.45) is 11.8 Å². The van der Waals surface area contributed by atoms with Crippen molar-refractivity contribution in [3.05, 3.63) is 52.8 Å². The van der Waals surface area contributed by atoms with Gasteiger partial charge in [-0.15, -0.1) is 0 Å². The second-order valence-electron chi connectivity index (χ2n) is 7.02. The van der Waals surface area contributed by atoms with Crippen LogP contribution in [0.1, 0.15) is 52.4 Å². The predicted molar refractivity (Wildman–Crippen MR) is 95.8 cm³/mol. The van der Waals surface area contributed by atoms with E-state index in [1.54, 1.807) is 21.5 Å². The molecule has 1 aromatic carbocycles. The van der Waals surface area contributed by atoms with E-state index in [4.69, 9.17) is 0 Å². The molecule has 0 heterocycles. The van der Waals surface area contributed by atoms with Crippen molar-refractivity contribution in [3.8, 4) is 0 Å². The molecule has 1 saturated carbocycles. The van der Waals surface area contributed by atoms with Crippen molar-refractivity contribution >= 4 is 14.7 Å². The lowest BCUT2D eigenvalue weighted by Crippen LogP contribution is -2.20. The number of allylic oxidation sites excluding steroid dienone is 4. The molecular weight excluding hydrogens is 268 g/mol. The first-order valence-electron chi connectivity index (χ1n) is 8.68. The van der Waals surface area contributed by atoms with Crippen LogP contribution in [0.15, 0.2) is 52.8 Å². The quantitative estimate of drug-likeness (QED) is 0.727.